The summed E-state index contributed by atoms with van der Waals surface area (Å²) in [5.74, 6) is 0.276. The van der Waals surface area contributed by atoms with Crippen LogP contribution in [0, 0.1) is 0 Å². The number of ether oxygens (including phenoxy) is 2. The molecule has 2 aliphatic rings. The molecular formula is C30H35BO4. The van der Waals surface area contributed by atoms with Gasteiger partial charge in [-0.2, -0.15) is 0 Å². The van der Waals surface area contributed by atoms with Crippen molar-refractivity contribution < 1.29 is 18.8 Å². The van der Waals surface area contributed by atoms with Gasteiger partial charge in [-0.25, -0.2) is 0 Å². The van der Waals surface area contributed by atoms with Crippen LogP contribution in [0.1, 0.15) is 50.8 Å². The molecule has 2 atom stereocenters. The van der Waals surface area contributed by atoms with E-state index in [1.165, 1.54) is 0 Å². The molecule has 5 rings (SSSR count). The molecule has 1 saturated carbocycles. The van der Waals surface area contributed by atoms with Crippen molar-refractivity contribution in [3.63, 3.8) is 0 Å². The van der Waals surface area contributed by atoms with Gasteiger partial charge >= 0.3 is 7.12 Å². The lowest BCUT2D eigenvalue weighted by atomic mass is 9.80. The van der Waals surface area contributed by atoms with Gasteiger partial charge in [-0.15, -0.1) is 0 Å². The first-order valence-corrected chi connectivity index (χ1v) is 12.6. The molecule has 1 aliphatic carbocycles. The lowest BCUT2D eigenvalue weighted by Gasteiger charge is -2.36. The molecule has 3 aromatic rings. The van der Waals surface area contributed by atoms with Crippen molar-refractivity contribution in [2.24, 2.45) is 0 Å². The van der Waals surface area contributed by atoms with E-state index in [1.807, 2.05) is 18.2 Å². The quantitative estimate of drug-likeness (QED) is 0.211. The zero-order valence-corrected chi connectivity index (χ0v) is 21.1. The second-order valence-electron chi connectivity index (χ2n) is 10.6. The van der Waals surface area contributed by atoms with Gasteiger partial charge in [0.2, 0.25) is 0 Å². The average molecular weight is 470 g/mol. The van der Waals surface area contributed by atoms with E-state index in [4.69, 9.17) is 18.8 Å². The Labute approximate surface area is 209 Å². The molecule has 0 amide bonds. The summed E-state index contributed by atoms with van der Waals surface area (Å²) in [6.45, 7) is 9.34. The topological polar surface area (TPSA) is 36.9 Å². The Morgan fingerprint density at radius 3 is 1.57 bits per heavy atom. The average Bonchev–Trinajstić information content (AvgIpc) is 3.60. The summed E-state index contributed by atoms with van der Waals surface area (Å²) in [6.07, 6.45) is 1.10. The van der Waals surface area contributed by atoms with Gasteiger partial charge in [-0.1, -0.05) is 91.0 Å². The van der Waals surface area contributed by atoms with Crippen LogP contribution in [0.25, 0.3) is 0 Å². The summed E-state index contributed by atoms with van der Waals surface area (Å²) >= 11 is 0. The van der Waals surface area contributed by atoms with Crippen molar-refractivity contribution in [3.8, 4) is 0 Å². The van der Waals surface area contributed by atoms with Crippen molar-refractivity contribution in [3.05, 3.63) is 108 Å². The highest BCUT2D eigenvalue weighted by molar-refractivity contribution is 6.49. The maximum Gasteiger partial charge on any atom is 0.463 e. The van der Waals surface area contributed by atoms with Crippen LogP contribution in [0.2, 0.25) is 5.82 Å². The molecule has 5 heteroatoms. The SMILES string of the molecule is CC1(C)OB([C@H]2C[C@@H]2OCCOC(c2ccccc2)(c2ccccc2)c2ccccc2)OC1(C)C. The normalized spacial score (nSPS) is 22.8. The molecule has 182 valence electrons. The number of rotatable bonds is 9. The Kier molecular flexibility index (Phi) is 6.62. The summed E-state index contributed by atoms with van der Waals surface area (Å²) in [7, 11) is -0.206. The predicted octanol–water partition coefficient (Wildman–Crippen LogP) is 6.25. The second kappa shape index (κ2) is 9.55. The molecule has 0 N–H and O–H groups in total. The van der Waals surface area contributed by atoms with E-state index in [1.54, 1.807) is 0 Å². The first-order chi connectivity index (χ1) is 16.8. The second-order valence-corrected chi connectivity index (χ2v) is 10.6. The molecule has 0 bridgehead atoms. The number of hydrogen-bond acceptors (Lipinski definition) is 4. The Morgan fingerprint density at radius 2 is 1.14 bits per heavy atom. The smallest absolute Gasteiger partial charge is 0.403 e. The van der Waals surface area contributed by atoms with E-state index in [0.717, 1.165) is 23.1 Å². The molecular weight excluding hydrogens is 435 g/mol. The van der Waals surface area contributed by atoms with Crippen molar-refractivity contribution >= 4 is 7.12 Å². The summed E-state index contributed by atoms with van der Waals surface area (Å²) in [4.78, 5) is 0. The van der Waals surface area contributed by atoms with Crippen molar-refractivity contribution in [1.29, 1.82) is 0 Å². The van der Waals surface area contributed by atoms with E-state index in [9.17, 15) is 0 Å². The molecule has 1 heterocycles. The van der Waals surface area contributed by atoms with Crippen LogP contribution < -0.4 is 0 Å². The Balaban J connectivity index is 1.30. The van der Waals surface area contributed by atoms with Crippen LogP contribution >= 0.6 is 0 Å². The highest BCUT2D eigenvalue weighted by Gasteiger charge is 2.60. The Bertz CT molecular complexity index is 988. The predicted molar refractivity (Wildman–Crippen MR) is 139 cm³/mol. The van der Waals surface area contributed by atoms with E-state index >= 15 is 0 Å². The first kappa shape index (κ1) is 24.3. The maximum atomic E-state index is 6.81. The number of benzene rings is 3. The maximum absolute atomic E-state index is 6.81. The number of hydrogen-bond donors (Lipinski definition) is 0. The fourth-order valence-corrected chi connectivity index (χ4v) is 4.89. The van der Waals surface area contributed by atoms with Gasteiger partial charge in [-0.05, 0) is 50.8 Å². The highest BCUT2D eigenvalue weighted by Crippen LogP contribution is 2.50. The van der Waals surface area contributed by atoms with Crippen molar-refractivity contribution in [1.82, 2.24) is 0 Å². The first-order valence-electron chi connectivity index (χ1n) is 12.6. The van der Waals surface area contributed by atoms with Gasteiger partial charge in [0, 0.05) is 5.82 Å². The molecule has 2 fully saturated rings. The molecule has 4 nitrogen and oxygen atoms in total. The Hall–Kier alpha value is -2.44. The zero-order valence-electron chi connectivity index (χ0n) is 21.1. The lowest BCUT2D eigenvalue weighted by Crippen LogP contribution is -2.41. The largest absolute Gasteiger partial charge is 0.463 e. The summed E-state index contributed by atoms with van der Waals surface area (Å²) in [5.41, 5.74) is 1.95. The fourth-order valence-electron chi connectivity index (χ4n) is 4.89. The van der Waals surface area contributed by atoms with Gasteiger partial charge in [0.15, 0.2) is 0 Å². The molecule has 3 aromatic carbocycles. The van der Waals surface area contributed by atoms with Crippen LogP contribution in [0.3, 0.4) is 0 Å². The van der Waals surface area contributed by atoms with Crippen molar-refractivity contribution in [2.75, 3.05) is 13.2 Å². The van der Waals surface area contributed by atoms with Crippen LogP contribution in [0.4, 0.5) is 0 Å². The third kappa shape index (κ3) is 4.71. The minimum atomic E-state index is -0.720. The van der Waals surface area contributed by atoms with E-state index in [-0.39, 0.29) is 30.2 Å². The monoisotopic (exact) mass is 470 g/mol. The van der Waals surface area contributed by atoms with Gasteiger partial charge in [0.25, 0.3) is 0 Å². The van der Waals surface area contributed by atoms with Gasteiger partial charge in [0.1, 0.15) is 5.60 Å². The standard InChI is InChI=1S/C30H35BO4/c1-28(2)29(3,4)35-31(34-28)26-22-27(26)32-20-21-33-30(23-14-8-5-9-15-23,24-16-10-6-11-17-24)25-18-12-7-13-19-25/h5-19,26-27H,20-22H2,1-4H3/t26-,27-/m0/s1. The van der Waals surface area contributed by atoms with E-state index in [2.05, 4.69) is 100 Å². The van der Waals surface area contributed by atoms with Gasteiger partial charge < -0.3 is 18.8 Å². The fraction of sp³-hybridized carbons (Fsp3) is 0.400. The van der Waals surface area contributed by atoms with Crippen molar-refractivity contribution in [2.45, 2.75) is 62.8 Å². The molecule has 0 aromatic heterocycles. The molecule has 1 saturated heterocycles. The molecule has 35 heavy (non-hydrogen) atoms. The van der Waals surface area contributed by atoms with E-state index in [0.29, 0.717) is 13.2 Å². The summed E-state index contributed by atoms with van der Waals surface area (Å²) in [5, 5.41) is 0. The zero-order chi connectivity index (χ0) is 24.5. The van der Waals surface area contributed by atoms with Gasteiger partial charge in [-0.3, -0.25) is 0 Å². The van der Waals surface area contributed by atoms with Crippen LogP contribution in [-0.4, -0.2) is 37.6 Å². The molecule has 1 aliphatic heterocycles. The van der Waals surface area contributed by atoms with Crippen LogP contribution in [-0.2, 0) is 24.4 Å². The minimum Gasteiger partial charge on any atom is -0.403 e. The van der Waals surface area contributed by atoms with Gasteiger partial charge in [0.05, 0.1) is 30.5 Å². The third-order valence-corrected chi connectivity index (χ3v) is 7.67. The molecule has 0 unspecified atom stereocenters. The molecule has 0 spiro atoms. The highest BCUT2D eigenvalue weighted by atomic mass is 16.7. The Morgan fingerprint density at radius 1 is 0.714 bits per heavy atom. The van der Waals surface area contributed by atoms with Crippen LogP contribution in [0.5, 0.6) is 0 Å². The third-order valence-electron chi connectivity index (χ3n) is 7.67. The lowest BCUT2D eigenvalue weighted by molar-refractivity contribution is -0.0274. The minimum absolute atomic E-state index is 0.146. The molecule has 0 radical (unpaired) electrons. The van der Waals surface area contributed by atoms with E-state index < -0.39 is 5.60 Å². The summed E-state index contributed by atoms with van der Waals surface area (Å²) in [6, 6.07) is 31.3. The summed E-state index contributed by atoms with van der Waals surface area (Å²) < 4.78 is 25.5. The van der Waals surface area contributed by atoms with Crippen LogP contribution in [0.15, 0.2) is 91.0 Å².